The maximum Gasteiger partial charge on any atom is 0.251 e. The number of sulfonamides is 1. The molecular formula is C16H17N3O3S. The minimum atomic E-state index is -3.58. The second-order valence-corrected chi connectivity index (χ2v) is 6.44. The van der Waals surface area contributed by atoms with Gasteiger partial charge < -0.3 is 5.32 Å². The van der Waals surface area contributed by atoms with Gasteiger partial charge in [-0.15, -0.1) is 6.58 Å². The van der Waals surface area contributed by atoms with Gasteiger partial charge in [0.05, 0.1) is 17.1 Å². The van der Waals surface area contributed by atoms with Gasteiger partial charge >= 0.3 is 0 Å². The number of benzene rings is 1. The van der Waals surface area contributed by atoms with Crippen molar-refractivity contribution in [3.05, 3.63) is 72.6 Å². The van der Waals surface area contributed by atoms with E-state index >= 15 is 0 Å². The summed E-state index contributed by atoms with van der Waals surface area (Å²) in [5.41, 5.74) is 1.12. The normalized spacial score (nSPS) is 11.0. The Kier molecular flexibility index (Phi) is 5.61. The Morgan fingerprint density at radius 1 is 1.17 bits per heavy atom. The van der Waals surface area contributed by atoms with E-state index in [-0.39, 0.29) is 17.3 Å². The maximum absolute atomic E-state index is 12.0. The van der Waals surface area contributed by atoms with Gasteiger partial charge in [0.2, 0.25) is 10.0 Å². The number of hydrogen-bond acceptors (Lipinski definition) is 4. The molecule has 0 bridgehead atoms. The predicted octanol–water partition coefficient (Wildman–Crippen LogP) is 1.48. The zero-order chi connectivity index (χ0) is 16.7. The number of rotatable bonds is 7. The fourth-order valence-corrected chi connectivity index (χ4v) is 2.81. The maximum atomic E-state index is 12.0. The highest BCUT2D eigenvalue weighted by Gasteiger charge is 2.13. The molecule has 0 aliphatic carbocycles. The Hall–Kier alpha value is -2.51. The Bertz CT molecular complexity index is 772. The van der Waals surface area contributed by atoms with E-state index in [1.807, 2.05) is 6.07 Å². The van der Waals surface area contributed by atoms with Crippen molar-refractivity contribution in [2.45, 2.75) is 11.4 Å². The van der Waals surface area contributed by atoms with E-state index in [4.69, 9.17) is 0 Å². The number of nitrogens with one attached hydrogen (secondary N) is 2. The lowest BCUT2D eigenvalue weighted by Crippen LogP contribution is -2.25. The number of carbonyl (C=O) groups excluding carboxylic acids is 1. The summed E-state index contributed by atoms with van der Waals surface area (Å²) in [5, 5.41) is 2.73. The lowest BCUT2D eigenvalue weighted by Gasteiger charge is -2.07. The van der Waals surface area contributed by atoms with Crippen LogP contribution in [0, 0.1) is 0 Å². The molecule has 1 aromatic heterocycles. The Labute approximate surface area is 135 Å². The summed E-state index contributed by atoms with van der Waals surface area (Å²) in [6, 6.07) is 11.2. The topological polar surface area (TPSA) is 88.2 Å². The van der Waals surface area contributed by atoms with E-state index in [0.29, 0.717) is 12.1 Å². The van der Waals surface area contributed by atoms with Crippen LogP contribution in [0.3, 0.4) is 0 Å². The van der Waals surface area contributed by atoms with Crippen molar-refractivity contribution in [3.63, 3.8) is 0 Å². The van der Waals surface area contributed by atoms with Crippen LogP contribution < -0.4 is 10.0 Å². The standard InChI is InChI=1S/C16H17N3O3S/c1-2-10-19-23(21,22)15-8-6-13(7-9-15)16(20)18-12-14-5-3-4-11-17-14/h2-9,11,19H,1,10,12H2,(H,18,20). The van der Waals surface area contributed by atoms with Crippen LogP contribution >= 0.6 is 0 Å². The molecule has 0 fully saturated rings. The fraction of sp³-hybridized carbons (Fsp3) is 0.125. The third-order valence-corrected chi connectivity index (χ3v) is 4.44. The van der Waals surface area contributed by atoms with Crippen LogP contribution in [0.1, 0.15) is 16.1 Å². The molecule has 0 spiro atoms. The lowest BCUT2D eigenvalue weighted by molar-refractivity contribution is 0.0950. The first-order valence-electron chi connectivity index (χ1n) is 6.91. The third-order valence-electron chi connectivity index (χ3n) is 3.00. The van der Waals surface area contributed by atoms with E-state index in [2.05, 4.69) is 21.6 Å². The van der Waals surface area contributed by atoms with Gasteiger partial charge in [-0.05, 0) is 36.4 Å². The van der Waals surface area contributed by atoms with E-state index < -0.39 is 10.0 Å². The van der Waals surface area contributed by atoms with Gasteiger partial charge in [-0.25, -0.2) is 13.1 Å². The minimum Gasteiger partial charge on any atom is -0.346 e. The van der Waals surface area contributed by atoms with Crippen molar-refractivity contribution < 1.29 is 13.2 Å². The van der Waals surface area contributed by atoms with Crippen LogP contribution in [-0.2, 0) is 16.6 Å². The van der Waals surface area contributed by atoms with E-state index in [0.717, 1.165) is 5.69 Å². The lowest BCUT2D eigenvalue weighted by atomic mass is 10.2. The van der Waals surface area contributed by atoms with Crippen LogP contribution in [-0.4, -0.2) is 25.9 Å². The van der Waals surface area contributed by atoms with Gasteiger partial charge in [0.15, 0.2) is 0 Å². The average Bonchev–Trinajstić information content (AvgIpc) is 2.59. The van der Waals surface area contributed by atoms with Crippen LogP contribution in [0.4, 0.5) is 0 Å². The number of hydrogen-bond donors (Lipinski definition) is 2. The van der Waals surface area contributed by atoms with Gasteiger partial charge in [0, 0.05) is 18.3 Å². The number of aromatic nitrogens is 1. The highest BCUT2D eigenvalue weighted by atomic mass is 32.2. The molecule has 2 N–H and O–H groups in total. The minimum absolute atomic E-state index is 0.0978. The Morgan fingerprint density at radius 2 is 1.91 bits per heavy atom. The highest BCUT2D eigenvalue weighted by Crippen LogP contribution is 2.10. The Morgan fingerprint density at radius 3 is 2.52 bits per heavy atom. The number of nitrogens with zero attached hydrogens (tertiary/aromatic N) is 1. The van der Waals surface area contributed by atoms with Gasteiger partial charge in [0.25, 0.3) is 5.91 Å². The molecule has 2 aromatic rings. The van der Waals surface area contributed by atoms with Crippen LogP contribution in [0.25, 0.3) is 0 Å². The summed E-state index contributed by atoms with van der Waals surface area (Å²) in [4.78, 5) is 16.2. The molecule has 0 aliphatic rings. The molecule has 1 heterocycles. The molecule has 0 atom stereocenters. The zero-order valence-corrected chi connectivity index (χ0v) is 13.2. The van der Waals surface area contributed by atoms with Crippen molar-refractivity contribution in [2.24, 2.45) is 0 Å². The first kappa shape index (κ1) is 16.9. The summed E-state index contributed by atoms with van der Waals surface area (Å²) in [6.45, 7) is 3.91. The summed E-state index contributed by atoms with van der Waals surface area (Å²) in [6.07, 6.45) is 3.11. The van der Waals surface area contributed by atoms with Gasteiger partial charge in [0.1, 0.15) is 0 Å². The second kappa shape index (κ2) is 7.66. The van der Waals surface area contributed by atoms with Crippen LogP contribution in [0.5, 0.6) is 0 Å². The SMILES string of the molecule is C=CCNS(=O)(=O)c1ccc(C(=O)NCc2ccccn2)cc1. The molecule has 0 saturated heterocycles. The molecule has 6 nitrogen and oxygen atoms in total. The molecule has 0 radical (unpaired) electrons. The monoisotopic (exact) mass is 331 g/mol. The third kappa shape index (κ3) is 4.73. The van der Waals surface area contributed by atoms with Crippen molar-refractivity contribution in [2.75, 3.05) is 6.54 Å². The summed E-state index contributed by atoms with van der Waals surface area (Å²) < 4.78 is 26.2. The van der Waals surface area contributed by atoms with E-state index in [1.54, 1.807) is 18.3 Å². The van der Waals surface area contributed by atoms with Crippen molar-refractivity contribution in [1.82, 2.24) is 15.0 Å². The van der Waals surface area contributed by atoms with Crippen molar-refractivity contribution in [3.8, 4) is 0 Å². The van der Waals surface area contributed by atoms with Crippen molar-refractivity contribution >= 4 is 15.9 Å². The number of carbonyl (C=O) groups is 1. The number of pyridine rings is 1. The molecule has 0 aliphatic heterocycles. The predicted molar refractivity (Wildman–Crippen MR) is 87.2 cm³/mol. The smallest absolute Gasteiger partial charge is 0.251 e. The zero-order valence-electron chi connectivity index (χ0n) is 12.4. The molecule has 120 valence electrons. The van der Waals surface area contributed by atoms with Gasteiger partial charge in [-0.1, -0.05) is 12.1 Å². The first-order valence-corrected chi connectivity index (χ1v) is 8.40. The molecule has 0 saturated carbocycles. The van der Waals surface area contributed by atoms with Crippen molar-refractivity contribution in [1.29, 1.82) is 0 Å². The molecule has 2 rings (SSSR count). The van der Waals surface area contributed by atoms with E-state index in [9.17, 15) is 13.2 Å². The number of amides is 1. The van der Waals surface area contributed by atoms with Gasteiger partial charge in [-0.2, -0.15) is 0 Å². The average molecular weight is 331 g/mol. The van der Waals surface area contributed by atoms with Gasteiger partial charge in [-0.3, -0.25) is 9.78 Å². The van der Waals surface area contributed by atoms with Crippen LogP contribution in [0.2, 0.25) is 0 Å². The molecule has 23 heavy (non-hydrogen) atoms. The molecule has 1 amide bonds. The quantitative estimate of drug-likeness (QED) is 0.752. The highest BCUT2D eigenvalue weighted by molar-refractivity contribution is 7.89. The summed E-state index contributed by atoms with van der Waals surface area (Å²) >= 11 is 0. The summed E-state index contributed by atoms with van der Waals surface area (Å²) in [7, 11) is -3.58. The molecule has 0 unspecified atom stereocenters. The molecule has 7 heteroatoms. The van der Waals surface area contributed by atoms with E-state index in [1.165, 1.54) is 30.3 Å². The second-order valence-electron chi connectivity index (χ2n) is 4.67. The Balaban J connectivity index is 2.01. The first-order chi connectivity index (χ1) is 11.0. The fourth-order valence-electron chi connectivity index (χ4n) is 1.81. The molecule has 1 aromatic carbocycles. The summed E-state index contributed by atoms with van der Waals surface area (Å²) in [5.74, 6) is -0.293. The largest absolute Gasteiger partial charge is 0.346 e. The van der Waals surface area contributed by atoms with Crippen LogP contribution in [0.15, 0.2) is 66.2 Å². The molecular weight excluding hydrogens is 314 g/mol.